The lowest BCUT2D eigenvalue weighted by Crippen LogP contribution is -2.04. The van der Waals surface area contributed by atoms with Crippen molar-refractivity contribution >= 4 is 11.4 Å². The Morgan fingerprint density at radius 3 is 2.50 bits per heavy atom. The first-order valence-corrected chi connectivity index (χ1v) is 7.98. The molecule has 0 amide bonds. The monoisotopic (exact) mass is 339 g/mol. The molecule has 2 aromatic carbocycles. The summed E-state index contributed by atoms with van der Waals surface area (Å²) in [4.78, 5) is 17.3. The molecule has 0 unspecified atom stereocenters. The Kier molecular flexibility index (Phi) is 3.71. The number of hydrogen-bond acceptors (Lipinski definition) is 4. The van der Waals surface area contributed by atoms with Crippen LogP contribution in [0.5, 0.6) is 5.75 Å². The summed E-state index contributed by atoms with van der Waals surface area (Å²) in [5.74, 6) is -0.442. The minimum atomic E-state index is -0.350. The van der Waals surface area contributed by atoms with Gasteiger partial charge in [0.1, 0.15) is 11.8 Å². The molecule has 0 bridgehead atoms. The first kappa shape index (κ1) is 15.6. The van der Waals surface area contributed by atoms with Crippen LogP contribution in [-0.2, 0) is 0 Å². The molecule has 2 heterocycles. The Morgan fingerprint density at radius 1 is 1.04 bits per heavy atom. The Hall–Kier alpha value is -3.91. The van der Waals surface area contributed by atoms with Crippen LogP contribution in [0, 0.1) is 11.3 Å². The van der Waals surface area contributed by atoms with Gasteiger partial charge in [-0.1, -0.05) is 42.5 Å². The second-order valence-corrected chi connectivity index (χ2v) is 5.82. The van der Waals surface area contributed by atoms with Gasteiger partial charge in [0.2, 0.25) is 0 Å². The molecule has 0 aliphatic heterocycles. The summed E-state index contributed by atoms with van der Waals surface area (Å²) < 4.78 is 1.67. The Morgan fingerprint density at radius 2 is 1.77 bits per heavy atom. The summed E-state index contributed by atoms with van der Waals surface area (Å²) in [6, 6.07) is 19.6. The highest BCUT2D eigenvalue weighted by Gasteiger charge is 2.17. The quantitative estimate of drug-likeness (QED) is 0.576. The molecule has 124 valence electrons. The third-order valence-corrected chi connectivity index (χ3v) is 4.15. The van der Waals surface area contributed by atoms with Crippen LogP contribution in [0.1, 0.15) is 21.5 Å². The number of para-hydroxylation sites is 1. The SMILES string of the molecule is N#Cc1cc(C(=O)c2ccccc2O)cn2cc(-c3ccccc3)nc12. The zero-order valence-corrected chi connectivity index (χ0v) is 13.6. The van der Waals surface area contributed by atoms with Crippen LogP contribution in [0.25, 0.3) is 16.9 Å². The Bertz CT molecular complexity index is 1170. The number of phenolic OH excluding ortho intramolecular Hbond substituents is 1. The van der Waals surface area contributed by atoms with Crippen LogP contribution in [0.15, 0.2) is 73.1 Å². The summed E-state index contributed by atoms with van der Waals surface area (Å²) in [7, 11) is 0. The molecule has 4 rings (SSSR count). The van der Waals surface area contributed by atoms with Gasteiger partial charge in [0.25, 0.3) is 0 Å². The third kappa shape index (κ3) is 2.60. The van der Waals surface area contributed by atoms with Crippen LogP contribution >= 0.6 is 0 Å². The number of nitriles is 1. The lowest BCUT2D eigenvalue weighted by atomic mass is 10.0. The van der Waals surface area contributed by atoms with Crippen molar-refractivity contribution in [2.75, 3.05) is 0 Å². The number of carbonyl (C=O) groups excluding carboxylic acids is 1. The van der Waals surface area contributed by atoms with E-state index in [1.165, 1.54) is 12.1 Å². The fourth-order valence-electron chi connectivity index (χ4n) is 2.87. The second kappa shape index (κ2) is 6.19. The van der Waals surface area contributed by atoms with Crippen molar-refractivity contribution in [2.45, 2.75) is 0 Å². The lowest BCUT2D eigenvalue weighted by molar-refractivity contribution is 0.103. The number of phenols is 1. The molecule has 2 aromatic heterocycles. The number of hydrogen-bond donors (Lipinski definition) is 1. The minimum absolute atomic E-state index is 0.0910. The molecule has 0 aliphatic carbocycles. The summed E-state index contributed by atoms with van der Waals surface area (Å²) in [5.41, 5.74) is 2.93. The molecular formula is C21H13N3O2. The van der Waals surface area contributed by atoms with E-state index in [1.54, 1.807) is 35.0 Å². The van der Waals surface area contributed by atoms with Crippen LogP contribution in [0.2, 0.25) is 0 Å². The summed E-state index contributed by atoms with van der Waals surface area (Å²) in [5, 5.41) is 19.4. The van der Waals surface area contributed by atoms with Gasteiger partial charge >= 0.3 is 0 Å². The van der Waals surface area contributed by atoms with Crippen molar-refractivity contribution in [1.82, 2.24) is 9.38 Å². The smallest absolute Gasteiger partial charge is 0.198 e. The van der Waals surface area contributed by atoms with E-state index in [-0.39, 0.29) is 17.1 Å². The number of carbonyl (C=O) groups is 1. The highest BCUT2D eigenvalue weighted by molar-refractivity contribution is 6.10. The molecule has 26 heavy (non-hydrogen) atoms. The van der Waals surface area contributed by atoms with E-state index < -0.39 is 0 Å². The van der Waals surface area contributed by atoms with E-state index in [1.807, 2.05) is 30.3 Å². The minimum Gasteiger partial charge on any atom is -0.507 e. The normalized spacial score (nSPS) is 10.6. The largest absolute Gasteiger partial charge is 0.507 e. The van der Waals surface area contributed by atoms with Crippen molar-refractivity contribution in [1.29, 1.82) is 5.26 Å². The molecule has 5 nitrogen and oxygen atoms in total. The second-order valence-electron chi connectivity index (χ2n) is 5.82. The van der Waals surface area contributed by atoms with E-state index >= 15 is 0 Å². The van der Waals surface area contributed by atoms with Crippen molar-refractivity contribution < 1.29 is 9.90 Å². The molecule has 0 spiro atoms. The number of ketones is 1. The van der Waals surface area contributed by atoms with Crippen LogP contribution < -0.4 is 0 Å². The molecule has 0 aliphatic rings. The van der Waals surface area contributed by atoms with E-state index in [9.17, 15) is 15.2 Å². The molecule has 0 atom stereocenters. The average molecular weight is 339 g/mol. The summed E-state index contributed by atoms with van der Waals surface area (Å²) in [6.07, 6.45) is 3.41. The summed E-state index contributed by atoms with van der Waals surface area (Å²) >= 11 is 0. The van der Waals surface area contributed by atoms with E-state index in [0.29, 0.717) is 22.5 Å². The standard InChI is InChI=1S/C21H13N3O2/c22-11-15-10-16(20(26)17-8-4-5-9-19(17)25)12-24-13-18(23-21(15)24)14-6-2-1-3-7-14/h1-10,12-13,25H. The molecule has 1 N–H and O–H groups in total. The van der Waals surface area contributed by atoms with Crippen LogP contribution in [-0.4, -0.2) is 20.3 Å². The zero-order chi connectivity index (χ0) is 18.1. The number of aromatic nitrogens is 2. The number of imidazole rings is 1. The lowest BCUT2D eigenvalue weighted by Gasteiger charge is -2.05. The number of benzene rings is 2. The molecule has 4 aromatic rings. The van der Waals surface area contributed by atoms with Crippen molar-refractivity contribution in [3.8, 4) is 23.1 Å². The van der Waals surface area contributed by atoms with Gasteiger partial charge in [-0.3, -0.25) is 4.79 Å². The predicted molar refractivity (Wildman–Crippen MR) is 96.9 cm³/mol. The van der Waals surface area contributed by atoms with Gasteiger partial charge in [0.15, 0.2) is 11.4 Å². The number of nitrogens with zero attached hydrogens (tertiary/aromatic N) is 3. The van der Waals surface area contributed by atoms with Gasteiger partial charge < -0.3 is 9.51 Å². The first-order valence-electron chi connectivity index (χ1n) is 7.98. The van der Waals surface area contributed by atoms with E-state index in [0.717, 1.165) is 5.56 Å². The first-order chi connectivity index (χ1) is 12.7. The van der Waals surface area contributed by atoms with Crippen LogP contribution in [0.4, 0.5) is 0 Å². The van der Waals surface area contributed by atoms with Gasteiger partial charge in [-0.05, 0) is 18.2 Å². The maximum Gasteiger partial charge on any atom is 0.198 e. The van der Waals surface area contributed by atoms with Gasteiger partial charge in [0, 0.05) is 23.5 Å². The van der Waals surface area contributed by atoms with Gasteiger partial charge in [0.05, 0.1) is 16.8 Å². The van der Waals surface area contributed by atoms with Gasteiger partial charge in [-0.15, -0.1) is 0 Å². The zero-order valence-electron chi connectivity index (χ0n) is 13.6. The molecule has 0 fully saturated rings. The predicted octanol–water partition coefficient (Wildman–Crippen LogP) is 3.81. The number of pyridine rings is 1. The van der Waals surface area contributed by atoms with Gasteiger partial charge in [-0.2, -0.15) is 5.26 Å². The third-order valence-electron chi connectivity index (χ3n) is 4.15. The molecule has 5 heteroatoms. The van der Waals surface area contributed by atoms with Crippen LogP contribution in [0.3, 0.4) is 0 Å². The average Bonchev–Trinajstić information content (AvgIpc) is 3.12. The highest BCUT2D eigenvalue weighted by Crippen LogP contribution is 2.24. The number of fused-ring (bicyclic) bond motifs is 1. The topological polar surface area (TPSA) is 78.4 Å². The van der Waals surface area contributed by atoms with Crippen molar-refractivity contribution in [3.63, 3.8) is 0 Å². The fourth-order valence-corrected chi connectivity index (χ4v) is 2.87. The fraction of sp³-hybridized carbons (Fsp3) is 0. The number of rotatable bonds is 3. The number of aromatic hydroxyl groups is 1. The Labute approximate surface area is 149 Å². The summed E-state index contributed by atoms with van der Waals surface area (Å²) in [6.45, 7) is 0. The van der Waals surface area contributed by atoms with E-state index in [4.69, 9.17) is 0 Å². The highest BCUT2D eigenvalue weighted by atomic mass is 16.3. The van der Waals surface area contributed by atoms with Gasteiger partial charge in [-0.25, -0.2) is 4.98 Å². The van der Waals surface area contributed by atoms with Crippen molar-refractivity contribution in [2.24, 2.45) is 0 Å². The maximum atomic E-state index is 12.8. The van der Waals surface area contributed by atoms with Crippen molar-refractivity contribution in [3.05, 3.63) is 89.7 Å². The maximum absolute atomic E-state index is 12.8. The molecule has 0 saturated heterocycles. The van der Waals surface area contributed by atoms with E-state index in [2.05, 4.69) is 11.1 Å². The molecular weight excluding hydrogens is 326 g/mol. The molecule has 0 saturated carbocycles. The molecule has 0 radical (unpaired) electrons. The Balaban J connectivity index is 1.87.